The topological polar surface area (TPSA) is 65.2 Å². The summed E-state index contributed by atoms with van der Waals surface area (Å²) < 4.78 is 66.9. The summed E-state index contributed by atoms with van der Waals surface area (Å²) in [5.74, 6) is -0.932. The highest BCUT2D eigenvalue weighted by atomic mass is 19.4. The second kappa shape index (κ2) is 5.37. The maximum Gasteiger partial charge on any atom is 0.433 e. The van der Waals surface area contributed by atoms with Crippen LogP contribution in [0.4, 0.5) is 27.6 Å². The van der Waals surface area contributed by atoms with Gasteiger partial charge in [-0.05, 0) is 6.07 Å². The van der Waals surface area contributed by atoms with Gasteiger partial charge in [-0.2, -0.15) is 13.2 Å². The molecule has 1 aromatic rings. The number of anilines is 1. The van der Waals surface area contributed by atoms with Gasteiger partial charge in [0.25, 0.3) is 6.43 Å². The van der Waals surface area contributed by atoms with Crippen LogP contribution in [0.1, 0.15) is 23.4 Å². The molecule has 0 atom stereocenters. The molecule has 19 heavy (non-hydrogen) atoms. The van der Waals surface area contributed by atoms with Crippen molar-refractivity contribution >= 4 is 11.7 Å². The van der Waals surface area contributed by atoms with Crippen molar-refractivity contribution in [2.45, 2.75) is 19.0 Å². The molecule has 0 saturated heterocycles. The number of hydrogen-bond acceptors (Lipinski definition) is 4. The molecule has 0 aliphatic carbocycles. The second-order valence-corrected chi connectivity index (χ2v) is 3.51. The van der Waals surface area contributed by atoms with Gasteiger partial charge in [0.2, 0.25) is 0 Å². The molecule has 0 bridgehead atoms. The summed E-state index contributed by atoms with van der Waals surface area (Å²) in [5.41, 5.74) is 1.51. The van der Waals surface area contributed by atoms with Gasteiger partial charge in [-0.3, -0.25) is 4.79 Å². The average Bonchev–Trinajstić information content (AvgIpc) is 2.29. The Bertz CT molecular complexity index is 488. The minimum absolute atomic E-state index is 0.167. The molecule has 0 radical (unpaired) electrons. The average molecular weight is 284 g/mol. The van der Waals surface area contributed by atoms with Gasteiger partial charge in [-0.25, -0.2) is 13.8 Å². The van der Waals surface area contributed by atoms with Crippen molar-refractivity contribution in [3.8, 4) is 0 Å². The minimum Gasteiger partial charge on any atom is -0.469 e. The lowest BCUT2D eigenvalue weighted by Gasteiger charge is -2.13. The second-order valence-electron chi connectivity index (χ2n) is 3.51. The normalized spacial score (nSPS) is 11.7. The third-order valence-corrected chi connectivity index (χ3v) is 2.23. The first-order valence-electron chi connectivity index (χ1n) is 4.88. The van der Waals surface area contributed by atoms with Crippen LogP contribution in [-0.2, 0) is 22.1 Å². The van der Waals surface area contributed by atoms with Crippen LogP contribution in [-0.4, -0.2) is 18.1 Å². The molecule has 0 aliphatic rings. The van der Waals surface area contributed by atoms with Gasteiger partial charge in [0, 0.05) is 5.56 Å². The number of nitrogen functional groups attached to an aromatic ring is 1. The third kappa shape index (κ3) is 3.52. The van der Waals surface area contributed by atoms with E-state index in [1.54, 1.807) is 0 Å². The molecule has 0 aliphatic heterocycles. The summed E-state index contributed by atoms with van der Waals surface area (Å²) in [5, 5.41) is 0. The number of methoxy groups -OCH3 is 1. The van der Waals surface area contributed by atoms with Crippen molar-refractivity contribution < 1.29 is 31.5 Å². The molecule has 1 heterocycles. The number of nitrogens with zero attached hydrogens (tertiary/aromatic N) is 1. The molecule has 106 valence electrons. The van der Waals surface area contributed by atoms with Crippen molar-refractivity contribution in [1.82, 2.24) is 4.98 Å². The number of carbonyl (C=O) groups is 1. The Kier molecular flexibility index (Phi) is 4.28. The van der Waals surface area contributed by atoms with Gasteiger partial charge in [0.1, 0.15) is 5.69 Å². The fraction of sp³-hybridized carbons (Fsp3) is 0.400. The standard InChI is InChI=1S/C10H9F5N2O2/c1-19-7(18)3-5-8(16)4(9(11)12)2-6(17-5)10(13,14)15/h2,9H,3,16H2,1H3. The summed E-state index contributed by atoms with van der Waals surface area (Å²) >= 11 is 0. The number of esters is 1. The first-order chi connectivity index (χ1) is 8.66. The van der Waals surface area contributed by atoms with Crippen molar-refractivity contribution in [1.29, 1.82) is 0 Å². The molecule has 0 unspecified atom stereocenters. The molecular weight excluding hydrogens is 275 g/mol. The Morgan fingerprint density at radius 1 is 1.47 bits per heavy atom. The van der Waals surface area contributed by atoms with E-state index in [0.29, 0.717) is 0 Å². The largest absolute Gasteiger partial charge is 0.469 e. The number of hydrogen-bond donors (Lipinski definition) is 1. The molecule has 0 amide bonds. The first kappa shape index (κ1) is 15.1. The van der Waals surface area contributed by atoms with Crippen molar-refractivity contribution in [3.05, 3.63) is 23.0 Å². The van der Waals surface area contributed by atoms with Gasteiger partial charge >= 0.3 is 12.1 Å². The highest BCUT2D eigenvalue weighted by molar-refractivity contribution is 5.74. The van der Waals surface area contributed by atoms with Gasteiger partial charge in [-0.1, -0.05) is 0 Å². The van der Waals surface area contributed by atoms with Gasteiger partial charge in [0.05, 0.1) is 24.9 Å². The summed E-state index contributed by atoms with van der Waals surface area (Å²) in [6.45, 7) is 0. The maximum atomic E-state index is 12.6. The van der Waals surface area contributed by atoms with Crippen LogP contribution in [0.15, 0.2) is 6.07 Å². The first-order valence-corrected chi connectivity index (χ1v) is 4.88. The van der Waals surface area contributed by atoms with Crippen LogP contribution in [0.25, 0.3) is 0 Å². The molecule has 0 spiro atoms. The molecular formula is C10H9F5N2O2. The van der Waals surface area contributed by atoms with E-state index in [0.717, 1.165) is 7.11 Å². The minimum atomic E-state index is -4.91. The molecule has 0 fully saturated rings. The quantitative estimate of drug-likeness (QED) is 0.683. The molecule has 1 rings (SSSR count). The van der Waals surface area contributed by atoms with Crippen LogP contribution in [0.2, 0.25) is 0 Å². The van der Waals surface area contributed by atoms with E-state index in [1.807, 2.05) is 0 Å². The van der Waals surface area contributed by atoms with Crippen LogP contribution in [0.3, 0.4) is 0 Å². The zero-order valence-electron chi connectivity index (χ0n) is 9.59. The van der Waals surface area contributed by atoms with Crippen LogP contribution >= 0.6 is 0 Å². The van der Waals surface area contributed by atoms with Gasteiger partial charge in [0.15, 0.2) is 0 Å². The summed E-state index contributed by atoms with van der Waals surface area (Å²) in [6.07, 6.45) is -8.84. The van der Waals surface area contributed by atoms with E-state index in [2.05, 4.69) is 9.72 Å². The van der Waals surface area contributed by atoms with E-state index in [-0.39, 0.29) is 6.07 Å². The summed E-state index contributed by atoms with van der Waals surface area (Å²) in [4.78, 5) is 14.1. The van der Waals surface area contributed by atoms with E-state index < -0.39 is 47.6 Å². The SMILES string of the molecule is COC(=O)Cc1nc(C(F)(F)F)cc(C(F)F)c1N. The number of pyridine rings is 1. The zero-order chi connectivity index (χ0) is 14.8. The third-order valence-electron chi connectivity index (χ3n) is 2.23. The van der Waals surface area contributed by atoms with Crippen molar-refractivity contribution in [2.75, 3.05) is 12.8 Å². The van der Waals surface area contributed by atoms with Crippen LogP contribution in [0, 0.1) is 0 Å². The molecule has 0 aromatic carbocycles. The maximum absolute atomic E-state index is 12.6. The zero-order valence-corrected chi connectivity index (χ0v) is 9.59. The number of aromatic nitrogens is 1. The highest BCUT2D eigenvalue weighted by Gasteiger charge is 2.35. The van der Waals surface area contributed by atoms with Crippen LogP contribution in [0.5, 0.6) is 0 Å². The van der Waals surface area contributed by atoms with Gasteiger partial charge in [-0.15, -0.1) is 0 Å². The Hall–Kier alpha value is -1.93. The molecule has 1 aromatic heterocycles. The van der Waals surface area contributed by atoms with E-state index in [9.17, 15) is 26.7 Å². The molecule has 9 heteroatoms. The Labute approximate surface area is 104 Å². The smallest absolute Gasteiger partial charge is 0.433 e. The van der Waals surface area contributed by atoms with Gasteiger partial charge < -0.3 is 10.5 Å². The number of rotatable bonds is 3. The Morgan fingerprint density at radius 2 is 2.05 bits per heavy atom. The van der Waals surface area contributed by atoms with Crippen LogP contribution < -0.4 is 5.73 Å². The van der Waals surface area contributed by atoms with E-state index in [1.165, 1.54) is 0 Å². The lowest BCUT2D eigenvalue weighted by Crippen LogP contribution is -2.16. The molecule has 0 saturated carbocycles. The van der Waals surface area contributed by atoms with E-state index in [4.69, 9.17) is 5.73 Å². The predicted octanol–water partition coefficient (Wildman–Crippen LogP) is 2.34. The monoisotopic (exact) mass is 284 g/mol. The number of halogens is 5. The lowest BCUT2D eigenvalue weighted by atomic mass is 10.1. The highest BCUT2D eigenvalue weighted by Crippen LogP contribution is 2.34. The van der Waals surface area contributed by atoms with Crippen molar-refractivity contribution in [3.63, 3.8) is 0 Å². The van der Waals surface area contributed by atoms with E-state index >= 15 is 0 Å². The Balaban J connectivity index is 3.36. The number of carbonyl (C=O) groups excluding carboxylic acids is 1. The Morgan fingerprint density at radius 3 is 2.47 bits per heavy atom. The lowest BCUT2D eigenvalue weighted by molar-refractivity contribution is -0.143. The van der Waals surface area contributed by atoms with Crippen molar-refractivity contribution in [2.24, 2.45) is 0 Å². The number of alkyl halides is 5. The number of nitrogens with two attached hydrogens (primary N) is 1. The molecule has 2 N–H and O–H groups in total. The molecule has 4 nitrogen and oxygen atoms in total. The predicted molar refractivity (Wildman–Crippen MR) is 54.3 cm³/mol. The summed E-state index contributed by atoms with van der Waals surface area (Å²) in [6, 6.07) is 0.167. The fourth-order valence-corrected chi connectivity index (χ4v) is 1.30. The fourth-order valence-electron chi connectivity index (χ4n) is 1.30. The summed E-state index contributed by atoms with van der Waals surface area (Å²) in [7, 11) is 1.00. The number of ether oxygens (including phenoxy) is 1.